The van der Waals surface area contributed by atoms with Crippen molar-refractivity contribution in [3.63, 3.8) is 0 Å². The highest BCUT2D eigenvalue weighted by Crippen LogP contribution is 2.20. The van der Waals surface area contributed by atoms with Crippen LogP contribution in [0.2, 0.25) is 5.02 Å². The van der Waals surface area contributed by atoms with Crippen LogP contribution in [0.5, 0.6) is 5.75 Å². The zero-order valence-corrected chi connectivity index (χ0v) is 12.5. The van der Waals surface area contributed by atoms with Crippen LogP contribution in [-0.2, 0) is 0 Å². The molecule has 1 aromatic rings. The van der Waals surface area contributed by atoms with Gasteiger partial charge in [-0.2, -0.15) is 0 Å². The minimum absolute atomic E-state index is 0.0490. The first-order chi connectivity index (χ1) is 10.0. The molecule has 0 aromatic heterocycles. The quantitative estimate of drug-likeness (QED) is 0.734. The normalized spacial score (nSPS) is 18.7. The number of nitrogens with two attached hydrogens (primary N) is 1. The van der Waals surface area contributed by atoms with Gasteiger partial charge in [0.05, 0.1) is 5.02 Å². The molecule has 0 bridgehead atoms. The SMILES string of the molecule is NC1CCN(NCC(O)COc2ccc(Cl)c(F)c2)CC1. The van der Waals surface area contributed by atoms with Gasteiger partial charge in [-0.15, -0.1) is 0 Å². The zero-order chi connectivity index (χ0) is 15.2. The van der Waals surface area contributed by atoms with Crippen LogP contribution in [0.15, 0.2) is 18.2 Å². The molecule has 2 rings (SSSR count). The summed E-state index contributed by atoms with van der Waals surface area (Å²) >= 11 is 5.58. The number of ether oxygens (including phenoxy) is 1. The van der Waals surface area contributed by atoms with Crippen LogP contribution in [0.4, 0.5) is 4.39 Å². The molecule has 0 radical (unpaired) electrons. The van der Waals surface area contributed by atoms with Gasteiger partial charge in [0, 0.05) is 31.7 Å². The molecule has 1 heterocycles. The highest BCUT2D eigenvalue weighted by molar-refractivity contribution is 6.30. The maximum atomic E-state index is 13.2. The summed E-state index contributed by atoms with van der Waals surface area (Å²) in [5.41, 5.74) is 8.98. The lowest BCUT2D eigenvalue weighted by Gasteiger charge is -2.31. The van der Waals surface area contributed by atoms with E-state index in [1.54, 1.807) is 6.07 Å². The Balaban J connectivity index is 1.67. The van der Waals surface area contributed by atoms with Gasteiger partial charge in [0.25, 0.3) is 0 Å². The van der Waals surface area contributed by atoms with E-state index in [0.717, 1.165) is 25.9 Å². The van der Waals surface area contributed by atoms with Gasteiger partial charge in [0.15, 0.2) is 0 Å². The van der Waals surface area contributed by atoms with Crippen molar-refractivity contribution < 1.29 is 14.2 Å². The Morgan fingerprint density at radius 3 is 2.86 bits per heavy atom. The number of rotatable bonds is 6. The van der Waals surface area contributed by atoms with Crippen molar-refractivity contribution in [1.82, 2.24) is 10.4 Å². The minimum atomic E-state index is -0.681. The molecule has 1 unspecified atom stereocenters. The third-order valence-electron chi connectivity index (χ3n) is 3.42. The molecule has 0 amide bonds. The highest BCUT2D eigenvalue weighted by atomic mass is 35.5. The van der Waals surface area contributed by atoms with E-state index in [4.69, 9.17) is 22.1 Å². The van der Waals surface area contributed by atoms with E-state index in [0.29, 0.717) is 12.3 Å². The fraction of sp³-hybridized carbons (Fsp3) is 0.571. The minimum Gasteiger partial charge on any atom is -0.491 e. The van der Waals surface area contributed by atoms with Crippen LogP contribution in [0.3, 0.4) is 0 Å². The van der Waals surface area contributed by atoms with Gasteiger partial charge in [-0.3, -0.25) is 5.43 Å². The van der Waals surface area contributed by atoms with E-state index >= 15 is 0 Å². The van der Waals surface area contributed by atoms with Gasteiger partial charge >= 0.3 is 0 Å². The summed E-state index contributed by atoms with van der Waals surface area (Å²) in [5, 5.41) is 12.0. The highest BCUT2D eigenvalue weighted by Gasteiger charge is 2.16. The average Bonchev–Trinajstić information content (AvgIpc) is 2.48. The molecular weight excluding hydrogens is 297 g/mol. The van der Waals surface area contributed by atoms with Crippen molar-refractivity contribution in [2.45, 2.75) is 25.0 Å². The maximum absolute atomic E-state index is 13.2. The van der Waals surface area contributed by atoms with Crippen molar-refractivity contribution >= 4 is 11.6 Å². The molecule has 0 spiro atoms. The lowest BCUT2D eigenvalue weighted by molar-refractivity contribution is 0.0660. The Hall–Kier alpha value is -0.920. The number of piperidine rings is 1. The predicted octanol–water partition coefficient (Wildman–Crippen LogP) is 1.15. The molecule has 1 saturated heterocycles. The summed E-state index contributed by atoms with van der Waals surface area (Å²) in [6, 6.07) is 4.47. The molecule has 5 nitrogen and oxygen atoms in total. The Labute approximate surface area is 128 Å². The summed E-state index contributed by atoms with van der Waals surface area (Å²) in [7, 11) is 0. The van der Waals surface area contributed by atoms with Crippen molar-refractivity contribution in [3.05, 3.63) is 29.0 Å². The predicted molar refractivity (Wildman–Crippen MR) is 79.7 cm³/mol. The monoisotopic (exact) mass is 317 g/mol. The third kappa shape index (κ3) is 5.41. The first-order valence-corrected chi connectivity index (χ1v) is 7.42. The molecule has 1 aliphatic heterocycles. The lowest BCUT2D eigenvalue weighted by atomic mass is 10.1. The third-order valence-corrected chi connectivity index (χ3v) is 3.73. The van der Waals surface area contributed by atoms with Crippen molar-refractivity contribution in [1.29, 1.82) is 0 Å². The molecule has 0 saturated carbocycles. The zero-order valence-electron chi connectivity index (χ0n) is 11.8. The Morgan fingerprint density at radius 1 is 1.48 bits per heavy atom. The summed E-state index contributed by atoms with van der Waals surface area (Å²) in [6.07, 6.45) is 1.21. The van der Waals surface area contributed by atoms with E-state index in [1.807, 2.05) is 0 Å². The Morgan fingerprint density at radius 2 is 2.19 bits per heavy atom. The Bertz CT molecular complexity index is 456. The molecule has 21 heavy (non-hydrogen) atoms. The summed E-state index contributed by atoms with van der Waals surface area (Å²) in [4.78, 5) is 0. The number of nitrogens with zero attached hydrogens (tertiary/aromatic N) is 1. The van der Waals surface area contributed by atoms with E-state index in [2.05, 4.69) is 10.4 Å². The second-order valence-corrected chi connectivity index (χ2v) is 5.63. The van der Waals surface area contributed by atoms with E-state index in [1.165, 1.54) is 12.1 Å². The second kappa shape index (κ2) is 7.91. The first-order valence-electron chi connectivity index (χ1n) is 7.04. The van der Waals surface area contributed by atoms with E-state index < -0.39 is 11.9 Å². The van der Waals surface area contributed by atoms with Crippen LogP contribution >= 0.6 is 11.6 Å². The number of nitrogens with one attached hydrogen (secondary N) is 1. The topological polar surface area (TPSA) is 70.8 Å². The number of hydrogen-bond acceptors (Lipinski definition) is 5. The molecule has 1 aliphatic rings. The smallest absolute Gasteiger partial charge is 0.145 e. The lowest BCUT2D eigenvalue weighted by Crippen LogP contribution is -2.49. The molecule has 1 aromatic carbocycles. The van der Waals surface area contributed by atoms with Crippen molar-refractivity contribution in [2.24, 2.45) is 5.73 Å². The molecule has 1 fully saturated rings. The Kier molecular flexibility index (Phi) is 6.20. The number of halogens is 2. The average molecular weight is 318 g/mol. The number of hydrazine groups is 1. The van der Waals surface area contributed by atoms with Crippen LogP contribution in [0, 0.1) is 5.82 Å². The number of aliphatic hydroxyl groups excluding tert-OH is 1. The van der Waals surface area contributed by atoms with E-state index in [-0.39, 0.29) is 17.7 Å². The maximum Gasteiger partial charge on any atom is 0.145 e. The van der Waals surface area contributed by atoms with Crippen LogP contribution < -0.4 is 15.9 Å². The molecule has 4 N–H and O–H groups in total. The van der Waals surface area contributed by atoms with Crippen molar-refractivity contribution in [2.75, 3.05) is 26.2 Å². The van der Waals surface area contributed by atoms with Crippen molar-refractivity contribution in [3.8, 4) is 5.75 Å². The van der Waals surface area contributed by atoms with Gasteiger partial charge in [-0.1, -0.05) is 11.6 Å². The summed E-state index contributed by atoms with van der Waals surface area (Å²) < 4.78 is 18.6. The van der Waals surface area contributed by atoms with Gasteiger partial charge in [0.1, 0.15) is 24.3 Å². The van der Waals surface area contributed by atoms with Gasteiger partial charge in [-0.25, -0.2) is 9.40 Å². The van der Waals surface area contributed by atoms with Crippen LogP contribution in [-0.4, -0.2) is 48.5 Å². The molecule has 1 atom stereocenters. The fourth-order valence-electron chi connectivity index (χ4n) is 2.11. The number of hydrogen-bond donors (Lipinski definition) is 3. The molecule has 7 heteroatoms. The number of aliphatic hydroxyl groups is 1. The fourth-order valence-corrected chi connectivity index (χ4v) is 2.23. The second-order valence-electron chi connectivity index (χ2n) is 5.23. The summed E-state index contributed by atoms with van der Waals surface area (Å²) in [5.74, 6) is -0.189. The largest absolute Gasteiger partial charge is 0.491 e. The van der Waals surface area contributed by atoms with Gasteiger partial charge < -0.3 is 15.6 Å². The summed E-state index contributed by atoms with van der Waals surface area (Å²) in [6.45, 7) is 2.21. The molecule has 0 aliphatic carbocycles. The molecule has 118 valence electrons. The molecular formula is C14H21ClFN3O2. The van der Waals surface area contributed by atoms with Crippen LogP contribution in [0.1, 0.15) is 12.8 Å². The van der Waals surface area contributed by atoms with Gasteiger partial charge in [-0.05, 0) is 25.0 Å². The first kappa shape index (κ1) is 16.5. The van der Waals surface area contributed by atoms with E-state index in [9.17, 15) is 9.50 Å². The standard InChI is InChI=1S/C14H21ClFN3O2/c15-13-2-1-12(7-14(13)16)21-9-11(20)8-18-19-5-3-10(17)4-6-19/h1-2,7,10-11,18,20H,3-6,8-9,17H2. The van der Waals surface area contributed by atoms with Crippen LogP contribution in [0.25, 0.3) is 0 Å². The van der Waals surface area contributed by atoms with Gasteiger partial charge in [0.2, 0.25) is 0 Å². The number of benzene rings is 1.